The number of rotatable bonds is 1. The van der Waals surface area contributed by atoms with E-state index in [1.165, 1.54) is 6.92 Å². The zero-order valence-electron chi connectivity index (χ0n) is 6.92. The van der Waals surface area contributed by atoms with E-state index in [9.17, 15) is 9.59 Å². The summed E-state index contributed by atoms with van der Waals surface area (Å²) < 4.78 is 0. The lowest BCUT2D eigenvalue weighted by Gasteiger charge is -2.03. The van der Waals surface area contributed by atoms with E-state index in [2.05, 4.69) is 15.3 Å². The maximum Gasteiger partial charge on any atom is 0.278 e. The van der Waals surface area contributed by atoms with Gasteiger partial charge in [0, 0.05) is 6.92 Å². The fourth-order valence-corrected chi connectivity index (χ4v) is 0.806. The molecule has 0 radical (unpaired) electrons. The monoisotopic (exact) mass is 183 g/mol. The summed E-state index contributed by atoms with van der Waals surface area (Å²) in [5.41, 5.74) is 9.89. The molecule has 0 saturated heterocycles. The second kappa shape index (κ2) is 3.13. The van der Waals surface area contributed by atoms with Crippen LogP contribution in [0.25, 0.3) is 0 Å². The van der Waals surface area contributed by atoms with Crippen LogP contribution in [0.1, 0.15) is 6.92 Å². The van der Waals surface area contributed by atoms with Crippen LogP contribution in [0.15, 0.2) is 4.79 Å². The minimum atomic E-state index is -0.569. The molecule has 13 heavy (non-hydrogen) atoms. The molecule has 6 N–H and O–H groups in total. The molecule has 1 aromatic rings. The molecule has 0 atom stereocenters. The third kappa shape index (κ3) is 1.95. The van der Waals surface area contributed by atoms with Crippen molar-refractivity contribution in [2.45, 2.75) is 6.92 Å². The summed E-state index contributed by atoms with van der Waals surface area (Å²) in [6.07, 6.45) is 0. The van der Waals surface area contributed by atoms with Crippen LogP contribution >= 0.6 is 0 Å². The van der Waals surface area contributed by atoms with Crippen molar-refractivity contribution in [2.75, 3.05) is 16.8 Å². The van der Waals surface area contributed by atoms with Gasteiger partial charge in [0.15, 0.2) is 5.82 Å². The Kier molecular flexibility index (Phi) is 2.18. The number of nitrogen functional groups attached to an aromatic ring is 2. The van der Waals surface area contributed by atoms with Gasteiger partial charge in [-0.25, -0.2) is 0 Å². The van der Waals surface area contributed by atoms with E-state index < -0.39 is 11.5 Å². The summed E-state index contributed by atoms with van der Waals surface area (Å²) in [7, 11) is 0. The van der Waals surface area contributed by atoms with Gasteiger partial charge in [-0.1, -0.05) is 0 Å². The van der Waals surface area contributed by atoms with Gasteiger partial charge in [-0.05, 0) is 0 Å². The van der Waals surface area contributed by atoms with Crippen molar-refractivity contribution >= 4 is 23.4 Å². The standard InChI is InChI=1S/C6H9N5O2/c1-2(12)9-3-4(7)10-6(8)11-5(3)13/h1H3,(H,9,12)(H5,7,8,10,11,13). The van der Waals surface area contributed by atoms with Crippen molar-refractivity contribution in [2.24, 2.45) is 0 Å². The Bertz CT molecular complexity index is 397. The van der Waals surface area contributed by atoms with Crippen molar-refractivity contribution < 1.29 is 4.79 Å². The Morgan fingerprint density at radius 2 is 2.15 bits per heavy atom. The second-order valence-electron chi connectivity index (χ2n) is 2.39. The number of hydrogen-bond donors (Lipinski definition) is 4. The van der Waals surface area contributed by atoms with E-state index >= 15 is 0 Å². The van der Waals surface area contributed by atoms with Gasteiger partial charge in [0.25, 0.3) is 5.56 Å². The fraction of sp³-hybridized carbons (Fsp3) is 0.167. The Balaban J connectivity index is 3.21. The van der Waals surface area contributed by atoms with Gasteiger partial charge < -0.3 is 16.8 Å². The first kappa shape index (κ1) is 9.04. The summed E-state index contributed by atoms with van der Waals surface area (Å²) in [6, 6.07) is 0. The first-order chi connectivity index (χ1) is 6.00. The topological polar surface area (TPSA) is 127 Å². The SMILES string of the molecule is CC(=O)Nc1c(N)nc(N)[nH]c1=O. The zero-order chi connectivity index (χ0) is 10.0. The maximum absolute atomic E-state index is 11.1. The number of aromatic amines is 1. The molecule has 0 spiro atoms. The molecule has 1 amide bonds. The lowest BCUT2D eigenvalue weighted by Crippen LogP contribution is -2.21. The van der Waals surface area contributed by atoms with Crippen LogP contribution in [0.3, 0.4) is 0 Å². The van der Waals surface area contributed by atoms with Gasteiger partial charge in [0.05, 0.1) is 0 Å². The predicted octanol–water partition coefficient (Wildman–Crippen LogP) is -1.11. The van der Waals surface area contributed by atoms with Crippen molar-refractivity contribution in [1.29, 1.82) is 0 Å². The van der Waals surface area contributed by atoms with Crippen LogP contribution in [0.4, 0.5) is 17.5 Å². The molecule has 0 aliphatic rings. The molecule has 0 saturated carbocycles. The molecule has 1 rings (SSSR count). The largest absolute Gasteiger partial charge is 0.382 e. The number of anilines is 3. The van der Waals surface area contributed by atoms with Gasteiger partial charge in [-0.15, -0.1) is 0 Å². The van der Waals surface area contributed by atoms with Crippen molar-refractivity contribution in [3.8, 4) is 0 Å². The summed E-state index contributed by atoms with van der Waals surface area (Å²) in [5.74, 6) is -0.586. The lowest BCUT2D eigenvalue weighted by molar-refractivity contribution is -0.114. The molecule has 1 aromatic heterocycles. The molecule has 7 nitrogen and oxygen atoms in total. The highest BCUT2D eigenvalue weighted by atomic mass is 16.2. The Hall–Kier alpha value is -2.05. The third-order valence-electron chi connectivity index (χ3n) is 1.27. The number of carbonyl (C=O) groups excluding carboxylic acids is 1. The summed E-state index contributed by atoms with van der Waals surface area (Å²) >= 11 is 0. The Morgan fingerprint density at radius 3 is 2.62 bits per heavy atom. The molecule has 0 fully saturated rings. The summed E-state index contributed by atoms with van der Waals surface area (Å²) in [5, 5.41) is 2.24. The average molecular weight is 183 g/mol. The van der Waals surface area contributed by atoms with Crippen molar-refractivity contribution in [3.05, 3.63) is 10.4 Å². The number of aromatic nitrogens is 2. The maximum atomic E-state index is 11.1. The first-order valence-corrected chi connectivity index (χ1v) is 3.43. The fourth-order valence-electron chi connectivity index (χ4n) is 0.806. The molecule has 70 valence electrons. The zero-order valence-corrected chi connectivity index (χ0v) is 6.92. The molecule has 0 aliphatic carbocycles. The van der Waals surface area contributed by atoms with E-state index in [4.69, 9.17) is 11.5 Å². The number of H-pyrrole nitrogens is 1. The van der Waals surface area contributed by atoms with Crippen LogP contribution in [0.5, 0.6) is 0 Å². The number of carbonyl (C=O) groups is 1. The Labute approximate surface area is 73.2 Å². The number of nitrogens with zero attached hydrogens (tertiary/aromatic N) is 1. The van der Waals surface area contributed by atoms with Crippen LogP contribution < -0.4 is 22.3 Å². The normalized spacial score (nSPS) is 9.62. The van der Waals surface area contributed by atoms with Gasteiger partial charge in [-0.2, -0.15) is 4.98 Å². The second-order valence-corrected chi connectivity index (χ2v) is 2.39. The molecule has 0 aliphatic heterocycles. The number of hydrogen-bond acceptors (Lipinski definition) is 5. The number of nitrogens with one attached hydrogen (secondary N) is 2. The van der Waals surface area contributed by atoms with Crippen molar-refractivity contribution in [1.82, 2.24) is 9.97 Å². The Morgan fingerprint density at radius 1 is 1.54 bits per heavy atom. The van der Waals surface area contributed by atoms with Gasteiger partial charge in [0.2, 0.25) is 11.9 Å². The van der Waals surface area contributed by atoms with Crippen molar-refractivity contribution in [3.63, 3.8) is 0 Å². The molecule has 0 unspecified atom stereocenters. The lowest BCUT2D eigenvalue weighted by atomic mass is 10.4. The third-order valence-corrected chi connectivity index (χ3v) is 1.27. The van der Waals surface area contributed by atoms with Crippen LogP contribution in [-0.4, -0.2) is 15.9 Å². The van der Waals surface area contributed by atoms with Crippen LogP contribution in [0.2, 0.25) is 0 Å². The van der Waals surface area contributed by atoms with Gasteiger partial charge in [0.1, 0.15) is 5.69 Å². The highest BCUT2D eigenvalue weighted by Gasteiger charge is 2.08. The molecule has 0 aromatic carbocycles. The predicted molar refractivity (Wildman–Crippen MR) is 48.0 cm³/mol. The van der Waals surface area contributed by atoms with Gasteiger partial charge in [-0.3, -0.25) is 14.6 Å². The van der Waals surface area contributed by atoms with E-state index in [1.807, 2.05) is 0 Å². The molecule has 0 bridgehead atoms. The van der Waals surface area contributed by atoms with E-state index in [-0.39, 0.29) is 17.5 Å². The highest BCUT2D eigenvalue weighted by molar-refractivity contribution is 5.91. The molecular weight excluding hydrogens is 174 g/mol. The summed E-state index contributed by atoms with van der Waals surface area (Å²) in [4.78, 5) is 27.5. The molecule has 7 heteroatoms. The number of amides is 1. The summed E-state index contributed by atoms with van der Waals surface area (Å²) in [6.45, 7) is 1.26. The number of nitrogens with two attached hydrogens (primary N) is 2. The van der Waals surface area contributed by atoms with E-state index in [0.717, 1.165) is 0 Å². The quantitative estimate of drug-likeness (QED) is 0.439. The minimum Gasteiger partial charge on any atom is -0.382 e. The highest BCUT2D eigenvalue weighted by Crippen LogP contribution is 2.08. The minimum absolute atomic E-state index is 0.0818. The average Bonchev–Trinajstić information content (AvgIpc) is 1.96. The van der Waals surface area contributed by atoms with Crippen LogP contribution in [0, 0.1) is 0 Å². The van der Waals surface area contributed by atoms with E-state index in [0.29, 0.717) is 0 Å². The smallest absolute Gasteiger partial charge is 0.278 e. The molecule has 1 heterocycles. The van der Waals surface area contributed by atoms with E-state index in [1.54, 1.807) is 0 Å². The van der Waals surface area contributed by atoms with Gasteiger partial charge >= 0.3 is 0 Å². The molecular formula is C6H9N5O2. The first-order valence-electron chi connectivity index (χ1n) is 3.43. The van der Waals surface area contributed by atoms with Crippen LogP contribution in [-0.2, 0) is 4.79 Å².